The second kappa shape index (κ2) is 10.8. The highest BCUT2D eigenvalue weighted by Gasteiger charge is 2.13. The van der Waals surface area contributed by atoms with Gasteiger partial charge >= 0.3 is 0 Å². The Bertz CT molecular complexity index is 179. The first kappa shape index (κ1) is 15.9. The molecule has 1 aliphatic heterocycles. The lowest BCUT2D eigenvalue weighted by atomic mass is 10.1. The van der Waals surface area contributed by atoms with Crippen molar-refractivity contribution in [2.45, 2.75) is 70.9 Å². The number of hydrogen-bond acceptors (Lipinski definition) is 3. The van der Waals surface area contributed by atoms with Crippen molar-refractivity contribution < 1.29 is 9.47 Å². The zero-order valence-electron chi connectivity index (χ0n) is 12.2. The van der Waals surface area contributed by atoms with Gasteiger partial charge in [-0.1, -0.05) is 26.7 Å². The molecule has 1 saturated heterocycles. The third-order valence-corrected chi connectivity index (χ3v) is 3.35. The molecule has 0 spiro atoms. The SMILES string of the molecule is CC(C)NCCCCCCOCC1CCCCO1. The molecule has 0 aliphatic carbocycles. The summed E-state index contributed by atoms with van der Waals surface area (Å²) >= 11 is 0. The van der Waals surface area contributed by atoms with Gasteiger partial charge in [-0.05, 0) is 38.6 Å². The summed E-state index contributed by atoms with van der Waals surface area (Å²) in [5, 5.41) is 3.44. The van der Waals surface area contributed by atoms with Gasteiger partial charge < -0.3 is 14.8 Å². The largest absolute Gasteiger partial charge is 0.379 e. The van der Waals surface area contributed by atoms with Crippen molar-refractivity contribution in [3.8, 4) is 0 Å². The van der Waals surface area contributed by atoms with Crippen LogP contribution in [-0.4, -0.2) is 38.5 Å². The molecule has 1 aliphatic rings. The first-order valence-corrected chi connectivity index (χ1v) is 7.72. The van der Waals surface area contributed by atoms with Gasteiger partial charge in [0.15, 0.2) is 0 Å². The summed E-state index contributed by atoms with van der Waals surface area (Å²) in [5.74, 6) is 0. The fourth-order valence-electron chi connectivity index (χ4n) is 2.23. The van der Waals surface area contributed by atoms with Gasteiger partial charge in [-0.15, -0.1) is 0 Å². The smallest absolute Gasteiger partial charge is 0.0808 e. The Morgan fingerprint density at radius 2 is 2.00 bits per heavy atom. The van der Waals surface area contributed by atoms with Crippen molar-refractivity contribution in [3.63, 3.8) is 0 Å². The monoisotopic (exact) mass is 257 g/mol. The van der Waals surface area contributed by atoms with Crippen LogP contribution in [0.2, 0.25) is 0 Å². The molecular formula is C15H31NO2. The van der Waals surface area contributed by atoms with E-state index < -0.39 is 0 Å². The Morgan fingerprint density at radius 3 is 2.72 bits per heavy atom. The maximum absolute atomic E-state index is 5.68. The molecule has 0 aromatic heterocycles. The molecule has 1 heterocycles. The summed E-state index contributed by atoms with van der Waals surface area (Å²) in [4.78, 5) is 0. The lowest BCUT2D eigenvalue weighted by Crippen LogP contribution is -2.24. The second-order valence-corrected chi connectivity index (χ2v) is 5.59. The van der Waals surface area contributed by atoms with E-state index in [1.807, 2.05) is 0 Å². The van der Waals surface area contributed by atoms with Crippen LogP contribution in [0.3, 0.4) is 0 Å². The van der Waals surface area contributed by atoms with Crippen LogP contribution in [0.4, 0.5) is 0 Å². The number of rotatable bonds is 10. The predicted molar refractivity (Wildman–Crippen MR) is 76.0 cm³/mol. The van der Waals surface area contributed by atoms with E-state index in [4.69, 9.17) is 9.47 Å². The minimum atomic E-state index is 0.369. The molecule has 0 bridgehead atoms. The van der Waals surface area contributed by atoms with Crippen LogP contribution in [0, 0.1) is 0 Å². The summed E-state index contributed by atoms with van der Waals surface area (Å²) in [6, 6.07) is 0.615. The Morgan fingerprint density at radius 1 is 1.17 bits per heavy atom. The molecule has 1 fully saturated rings. The fraction of sp³-hybridized carbons (Fsp3) is 1.00. The Kier molecular flexibility index (Phi) is 9.54. The van der Waals surface area contributed by atoms with Crippen molar-refractivity contribution in [1.29, 1.82) is 0 Å². The van der Waals surface area contributed by atoms with Crippen molar-refractivity contribution in [1.82, 2.24) is 5.32 Å². The summed E-state index contributed by atoms with van der Waals surface area (Å²) in [6.07, 6.45) is 9.14. The van der Waals surface area contributed by atoms with Gasteiger partial charge in [-0.25, -0.2) is 0 Å². The van der Waals surface area contributed by atoms with E-state index in [0.29, 0.717) is 12.1 Å². The lowest BCUT2D eigenvalue weighted by molar-refractivity contribution is -0.0411. The van der Waals surface area contributed by atoms with Crippen molar-refractivity contribution in [2.75, 3.05) is 26.4 Å². The van der Waals surface area contributed by atoms with E-state index in [-0.39, 0.29) is 0 Å². The number of nitrogens with one attached hydrogen (secondary N) is 1. The van der Waals surface area contributed by atoms with Gasteiger partial charge in [0.2, 0.25) is 0 Å². The molecule has 1 atom stereocenters. The minimum absolute atomic E-state index is 0.369. The first-order chi connectivity index (χ1) is 8.79. The maximum atomic E-state index is 5.68. The van der Waals surface area contributed by atoms with Gasteiger partial charge in [0.25, 0.3) is 0 Å². The molecule has 0 radical (unpaired) electrons. The van der Waals surface area contributed by atoms with Crippen LogP contribution >= 0.6 is 0 Å². The van der Waals surface area contributed by atoms with Crippen LogP contribution < -0.4 is 5.32 Å². The Labute approximate surface area is 113 Å². The van der Waals surface area contributed by atoms with E-state index in [1.54, 1.807) is 0 Å². The standard InChI is InChI=1S/C15H31NO2/c1-14(2)16-10-6-3-4-7-11-17-13-15-9-5-8-12-18-15/h14-16H,3-13H2,1-2H3. The van der Waals surface area contributed by atoms with Crippen LogP contribution in [0.1, 0.15) is 58.8 Å². The first-order valence-electron chi connectivity index (χ1n) is 7.72. The average molecular weight is 257 g/mol. The second-order valence-electron chi connectivity index (χ2n) is 5.59. The van der Waals surface area contributed by atoms with E-state index in [0.717, 1.165) is 26.4 Å². The van der Waals surface area contributed by atoms with E-state index in [9.17, 15) is 0 Å². The normalized spacial score (nSPS) is 20.5. The van der Waals surface area contributed by atoms with E-state index in [1.165, 1.54) is 44.9 Å². The topological polar surface area (TPSA) is 30.5 Å². The summed E-state index contributed by atoms with van der Waals surface area (Å²) in [5.41, 5.74) is 0. The molecule has 1 rings (SSSR count). The minimum Gasteiger partial charge on any atom is -0.379 e. The number of unbranched alkanes of at least 4 members (excludes halogenated alkanes) is 3. The number of hydrogen-bond donors (Lipinski definition) is 1. The van der Waals surface area contributed by atoms with Crippen LogP contribution in [0.25, 0.3) is 0 Å². The summed E-state index contributed by atoms with van der Waals surface area (Å²) < 4.78 is 11.3. The molecular weight excluding hydrogens is 226 g/mol. The third kappa shape index (κ3) is 8.90. The predicted octanol–water partition coefficient (Wildman–Crippen LogP) is 3.13. The lowest BCUT2D eigenvalue weighted by Gasteiger charge is -2.22. The third-order valence-electron chi connectivity index (χ3n) is 3.35. The average Bonchev–Trinajstić information content (AvgIpc) is 2.37. The molecule has 0 aromatic rings. The molecule has 108 valence electrons. The van der Waals surface area contributed by atoms with Crippen molar-refractivity contribution in [3.05, 3.63) is 0 Å². The highest BCUT2D eigenvalue weighted by molar-refractivity contribution is 4.62. The molecule has 3 heteroatoms. The maximum Gasteiger partial charge on any atom is 0.0808 e. The molecule has 3 nitrogen and oxygen atoms in total. The fourth-order valence-corrected chi connectivity index (χ4v) is 2.23. The van der Waals surface area contributed by atoms with Crippen LogP contribution in [0.15, 0.2) is 0 Å². The molecule has 0 amide bonds. The highest BCUT2D eigenvalue weighted by Crippen LogP contribution is 2.12. The number of ether oxygens (including phenoxy) is 2. The zero-order chi connectivity index (χ0) is 13.1. The van der Waals surface area contributed by atoms with E-state index in [2.05, 4.69) is 19.2 Å². The van der Waals surface area contributed by atoms with Crippen molar-refractivity contribution in [2.24, 2.45) is 0 Å². The van der Waals surface area contributed by atoms with Crippen molar-refractivity contribution >= 4 is 0 Å². The van der Waals surface area contributed by atoms with Gasteiger partial charge in [0.1, 0.15) is 0 Å². The molecule has 1 N–H and O–H groups in total. The zero-order valence-corrected chi connectivity index (χ0v) is 12.2. The quantitative estimate of drug-likeness (QED) is 0.610. The molecule has 18 heavy (non-hydrogen) atoms. The van der Waals surface area contributed by atoms with Gasteiger partial charge in [0, 0.05) is 19.3 Å². The molecule has 1 unspecified atom stereocenters. The highest BCUT2D eigenvalue weighted by atomic mass is 16.5. The Hall–Kier alpha value is -0.120. The van der Waals surface area contributed by atoms with Gasteiger partial charge in [-0.3, -0.25) is 0 Å². The summed E-state index contributed by atoms with van der Waals surface area (Å²) in [7, 11) is 0. The van der Waals surface area contributed by atoms with Crippen LogP contribution in [0.5, 0.6) is 0 Å². The Balaban J connectivity index is 1.75. The molecule has 0 aromatic carbocycles. The van der Waals surface area contributed by atoms with E-state index >= 15 is 0 Å². The molecule has 0 saturated carbocycles. The van der Waals surface area contributed by atoms with Crippen LogP contribution in [-0.2, 0) is 9.47 Å². The van der Waals surface area contributed by atoms with Gasteiger partial charge in [-0.2, -0.15) is 0 Å². The summed E-state index contributed by atoms with van der Waals surface area (Å²) in [6.45, 7) is 8.17. The van der Waals surface area contributed by atoms with Gasteiger partial charge in [0.05, 0.1) is 12.7 Å².